The van der Waals surface area contributed by atoms with Crippen molar-refractivity contribution in [1.82, 2.24) is 5.32 Å². The fraction of sp³-hybridized carbons (Fsp3) is 0.964. The Labute approximate surface area is 219 Å². The Balaban J connectivity index is 0. The van der Waals surface area contributed by atoms with E-state index in [1.165, 1.54) is 89.9 Å². The van der Waals surface area contributed by atoms with Crippen LogP contribution in [0.1, 0.15) is 137 Å². The molecule has 0 aromatic rings. The summed E-state index contributed by atoms with van der Waals surface area (Å²) in [5.74, 6) is 0.248. The van der Waals surface area contributed by atoms with Crippen molar-refractivity contribution in [2.45, 2.75) is 143 Å². The van der Waals surface area contributed by atoms with Gasteiger partial charge in [-0.25, -0.2) is 0 Å². The topological polar surface area (TPSA) is 78.5 Å². The van der Waals surface area contributed by atoms with Crippen molar-refractivity contribution in [1.29, 1.82) is 0 Å². The maximum atomic E-state index is 12.3. The van der Waals surface area contributed by atoms with Crippen molar-refractivity contribution in [3.05, 3.63) is 0 Å². The maximum absolute atomic E-state index is 12.3. The van der Waals surface area contributed by atoms with E-state index in [1.807, 2.05) is 0 Å². The number of hydrogen-bond donors (Lipinski definition) is 1. The van der Waals surface area contributed by atoms with Crippen LogP contribution in [-0.2, 0) is 13.9 Å². The van der Waals surface area contributed by atoms with Crippen LogP contribution >= 0.6 is 7.60 Å². The van der Waals surface area contributed by atoms with Crippen molar-refractivity contribution in [2.24, 2.45) is 0 Å². The molecule has 0 aliphatic heterocycles. The lowest BCUT2D eigenvalue weighted by atomic mass is 10.0. The van der Waals surface area contributed by atoms with E-state index in [0.29, 0.717) is 6.42 Å². The number of quaternary nitrogens is 1. The molecular weight excluding hydrogens is 459 g/mol. The molecule has 0 heterocycles. The molecule has 0 spiro atoms. The highest BCUT2D eigenvalue weighted by Gasteiger charge is 2.28. The third kappa shape index (κ3) is 23.7. The van der Waals surface area contributed by atoms with Crippen LogP contribution in [0, 0.1) is 0 Å². The summed E-state index contributed by atoms with van der Waals surface area (Å²) in [6.07, 6.45) is 22.4. The molecule has 35 heavy (non-hydrogen) atoms. The summed E-state index contributed by atoms with van der Waals surface area (Å²) < 4.78 is 14.7. The normalized spacial score (nSPS) is 14.1. The molecule has 0 rings (SSSR count). The number of carbonyl (C=O) groups excluding carboxylic acids is 1. The largest absolute Gasteiger partial charge is 0.779 e. The molecule has 1 amide bonds. The molecule has 6 nitrogen and oxygen atoms in total. The Kier molecular flexibility index (Phi) is 25.1. The van der Waals surface area contributed by atoms with E-state index in [0.717, 1.165) is 44.2 Å². The van der Waals surface area contributed by atoms with Crippen molar-refractivity contribution < 1.29 is 23.3 Å². The van der Waals surface area contributed by atoms with Gasteiger partial charge in [-0.2, -0.15) is 0 Å². The summed E-state index contributed by atoms with van der Waals surface area (Å²) in [5, 5.41) is 3.29. The minimum absolute atomic E-state index is 0.248. The Hall–Kier alpha value is -0.420. The molecule has 0 bridgehead atoms. The lowest BCUT2D eigenvalue weighted by Crippen LogP contribution is -2.59. The zero-order valence-electron chi connectivity index (χ0n) is 24.5. The van der Waals surface area contributed by atoms with E-state index in [1.54, 1.807) is 0 Å². The van der Waals surface area contributed by atoms with Crippen molar-refractivity contribution in [2.75, 3.05) is 33.9 Å². The van der Waals surface area contributed by atoms with Gasteiger partial charge in [0.05, 0.1) is 20.1 Å². The van der Waals surface area contributed by atoms with Gasteiger partial charge < -0.3 is 23.8 Å². The lowest BCUT2D eigenvalue weighted by molar-refractivity contribution is -0.932. The molecule has 0 aliphatic rings. The average Bonchev–Trinajstić information content (AvgIpc) is 2.84. The smallest absolute Gasteiger partial charge is 0.224 e. The third-order valence-electron chi connectivity index (χ3n) is 7.25. The van der Waals surface area contributed by atoms with Crippen molar-refractivity contribution in [3.63, 3.8) is 0 Å². The van der Waals surface area contributed by atoms with Gasteiger partial charge in [-0.05, 0) is 20.3 Å². The van der Waals surface area contributed by atoms with Gasteiger partial charge >= 0.3 is 0 Å². The fourth-order valence-electron chi connectivity index (χ4n) is 4.28. The summed E-state index contributed by atoms with van der Waals surface area (Å²) in [6.45, 7) is 12.0. The van der Waals surface area contributed by atoms with Crippen LogP contribution in [-0.4, -0.2) is 50.5 Å². The van der Waals surface area contributed by atoms with E-state index in [4.69, 9.17) is 0 Å². The van der Waals surface area contributed by atoms with E-state index in [9.17, 15) is 14.3 Å². The van der Waals surface area contributed by atoms with Crippen molar-refractivity contribution in [3.8, 4) is 0 Å². The number of nitrogens with one attached hydrogen (secondary N) is 1. The number of hydrogen-bond acceptors (Lipinski definition) is 4. The van der Waals surface area contributed by atoms with E-state index in [-0.39, 0.29) is 12.1 Å². The summed E-state index contributed by atoms with van der Waals surface area (Å²) in [5.41, 5.74) is 0. The highest BCUT2D eigenvalue weighted by Crippen LogP contribution is 2.28. The van der Waals surface area contributed by atoms with Gasteiger partial charge in [-0.15, -0.1) is 0 Å². The molecule has 7 heteroatoms. The van der Waals surface area contributed by atoms with Gasteiger partial charge in [0.25, 0.3) is 0 Å². The SMILES string of the molecule is CCCCCCCCCCCCCCCCCC(=O)NC(CC)[N+](C)(CC)CC.COP(C)(=O)[O-]. The molecule has 0 aliphatic carbocycles. The first-order valence-electron chi connectivity index (χ1n) is 14.6. The average molecular weight is 521 g/mol. The van der Waals surface area contributed by atoms with Crippen LogP contribution < -0.4 is 10.2 Å². The fourth-order valence-corrected chi connectivity index (χ4v) is 4.28. The molecule has 1 N–H and O–H groups in total. The number of unbranched alkanes of at least 4 members (excludes halogenated alkanes) is 14. The monoisotopic (exact) mass is 520 g/mol. The van der Waals surface area contributed by atoms with Crippen LogP contribution in [0.4, 0.5) is 0 Å². The van der Waals surface area contributed by atoms with Gasteiger partial charge in [-0.3, -0.25) is 4.79 Å². The molecular formula is C28H61N2O4P. The van der Waals surface area contributed by atoms with Gasteiger partial charge in [0.1, 0.15) is 7.60 Å². The van der Waals surface area contributed by atoms with Gasteiger partial charge in [-0.1, -0.05) is 104 Å². The van der Waals surface area contributed by atoms with E-state index < -0.39 is 7.60 Å². The Morgan fingerprint density at radius 2 is 1.14 bits per heavy atom. The zero-order valence-corrected chi connectivity index (χ0v) is 25.4. The number of rotatable bonds is 22. The summed E-state index contributed by atoms with van der Waals surface area (Å²) in [7, 11) is -0.0118. The summed E-state index contributed by atoms with van der Waals surface area (Å²) >= 11 is 0. The van der Waals surface area contributed by atoms with Crippen LogP contribution in [0.15, 0.2) is 0 Å². The molecule has 212 valence electrons. The van der Waals surface area contributed by atoms with Gasteiger partial charge in [0.2, 0.25) is 5.91 Å². The Morgan fingerprint density at radius 3 is 1.43 bits per heavy atom. The molecule has 0 fully saturated rings. The van der Waals surface area contributed by atoms with Gasteiger partial charge in [0, 0.05) is 26.6 Å². The quantitative estimate of drug-likeness (QED) is 0.0698. The predicted octanol–water partition coefficient (Wildman–Crippen LogP) is 7.40. The minimum atomic E-state index is -3.40. The van der Waals surface area contributed by atoms with Crippen LogP contribution in [0.2, 0.25) is 0 Å². The van der Waals surface area contributed by atoms with Gasteiger partial charge in [0.15, 0.2) is 6.17 Å². The first-order valence-corrected chi connectivity index (χ1v) is 16.6. The first-order chi connectivity index (χ1) is 16.6. The molecule has 0 saturated carbocycles. The van der Waals surface area contributed by atoms with Crippen LogP contribution in [0.25, 0.3) is 0 Å². The Bertz CT molecular complexity index is 521. The highest BCUT2D eigenvalue weighted by atomic mass is 31.2. The van der Waals surface area contributed by atoms with Crippen LogP contribution in [0.3, 0.4) is 0 Å². The molecule has 2 atom stereocenters. The summed E-state index contributed by atoms with van der Waals surface area (Å²) in [4.78, 5) is 22.1. The van der Waals surface area contributed by atoms with Crippen molar-refractivity contribution >= 4 is 13.5 Å². The zero-order chi connectivity index (χ0) is 27.0. The maximum Gasteiger partial charge on any atom is 0.224 e. The minimum Gasteiger partial charge on any atom is -0.779 e. The Morgan fingerprint density at radius 1 is 0.800 bits per heavy atom. The van der Waals surface area contributed by atoms with E-state index >= 15 is 0 Å². The first kappa shape index (κ1) is 36.7. The molecule has 0 radical (unpaired) electrons. The second kappa shape index (κ2) is 23.9. The van der Waals surface area contributed by atoms with E-state index in [2.05, 4.69) is 44.6 Å². The molecule has 0 aromatic heterocycles. The lowest BCUT2D eigenvalue weighted by Gasteiger charge is -2.39. The number of nitrogens with zero attached hydrogens (tertiary/aromatic N) is 1. The standard InChI is InChI=1S/C26H54N2O.C2H7O3P/c1-6-10-11-12-13-14-15-16-17-18-19-20-21-22-23-24-26(29)27-25(7-2)28(5,8-3)9-4;1-5-6(2,3)4/h25H,6-24H2,1-5H3;1-2H3,(H,3,4). The number of carbonyl (C=O) groups is 1. The van der Waals surface area contributed by atoms with Crippen LogP contribution in [0.5, 0.6) is 0 Å². The predicted molar refractivity (Wildman–Crippen MR) is 150 cm³/mol. The molecule has 0 aromatic carbocycles. The highest BCUT2D eigenvalue weighted by molar-refractivity contribution is 7.50. The molecule has 2 unspecified atom stereocenters. The second-order valence-corrected chi connectivity index (χ2v) is 12.2. The second-order valence-electron chi connectivity index (χ2n) is 10.3. The third-order valence-corrected chi connectivity index (χ3v) is 7.91. The molecule has 0 saturated heterocycles. The number of amides is 1. The summed E-state index contributed by atoms with van der Waals surface area (Å²) in [6, 6.07) is 0.